The second kappa shape index (κ2) is 9.25. The van der Waals surface area contributed by atoms with Gasteiger partial charge in [0.1, 0.15) is 12.7 Å². The molecule has 0 spiro atoms. The molecule has 0 unspecified atom stereocenters. The highest BCUT2D eigenvalue weighted by Crippen LogP contribution is 2.49. The summed E-state index contributed by atoms with van der Waals surface area (Å²) in [4.78, 5) is 61.3. The predicted molar refractivity (Wildman–Crippen MR) is 144 cm³/mol. The lowest BCUT2D eigenvalue weighted by Crippen LogP contribution is -2.62. The van der Waals surface area contributed by atoms with Gasteiger partial charge in [-0.3, -0.25) is 24.1 Å². The Morgan fingerprint density at radius 2 is 1.80 bits per heavy atom. The van der Waals surface area contributed by atoms with Crippen molar-refractivity contribution in [2.45, 2.75) is 37.9 Å². The molecule has 10 heteroatoms. The SMILES string of the molecule is COc1ccc2c(c1OC)C(=O)N1c3ccccc3C(=O)N(CC(=O)N3C[C@H]4C[C@@H](C3)[C@H]3CCCC(=O)N3C4)[C@H]21. The van der Waals surface area contributed by atoms with Gasteiger partial charge < -0.3 is 24.2 Å². The third-order valence-electron chi connectivity index (χ3n) is 9.32. The molecule has 3 fully saturated rings. The standard InChI is InChI=1S/C30H32N4O6/c1-39-23-11-10-20-26(27(23)40-2)30(38)34-22-7-4-3-6-19(22)29(37)33(28(20)34)16-25(36)31-13-17-12-18(15-31)21-8-5-9-24(35)32(21)14-17/h3-4,6-7,10-11,17-18,21,28H,5,8-9,12-16H2,1-2H3/t17-,18+,21-,28+/m1/s1. The van der Waals surface area contributed by atoms with Crippen molar-refractivity contribution in [3.05, 3.63) is 53.1 Å². The zero-order valence-corrected chi connectivity index (χ0v) is 22.7. The highest BCUT2D eigenvalue weighted by atomic mass is 16.5. The zero-order valence-electron chi connectivity index (χ0n) is 22.7. The number of methoxy groups -OCH3 is 2. The normalized spacial score (nSPS) is 26.7. The number of para-hydroxylation sites is 1. The molecule has 5 heterocycles. The molecule has 0 aliphatic carbocycles. The maximum Gasteiger partial charge on any atom is 0.264 e. The zero-order chi connectivity index (χ0) is 27.7. The van der Waals surface area contributed by atoms with E-state index in [0.29, 0.717) is 59.9 Å². The Bertz CT molecular complexity index is 1440. The predicted octanol–water partition coefficient (Wildman–Crippen LogP) is 2.68. The lowest BCUT2D eigenvalue weighted by atomic mass is 9.76. The van der Waals surface area contributed by atoms with E-state index in [1.54, 1.807) is 41.3 Å². The van der Waals surface area contributed by atoms with Crippen LogP contribution in [0, 0.1) is 11.8 Å². The number of nitrogens with zero attached hydrogens (tertiary/aromatic N) is 4. The summed E-state index contributed by atoms with van der Waals surface area (Å²) in [5.41, 5.74) is 1.83. The minimum Gasteiger partial charge on any atom is -0.493 e. The molecule has 0 N–H and O–H groups in total. The van der Waals surface area contributed by atoms with Crippen molar-refractivity contribution in [3.63, 3.8) is 0 Å². The summed E-state index contributed by atoms with van der Waals surface area (Å²) in [5, 5.41) is 0. The molecule has 10 nitrogen and oxygen atoms in total. The Balaban J connectivity index is 1.22. The summed E-state index contributed by atoms with van der Waals surface area (Å²) in [6, 6.07) is 10.7. The molecule has 2 aromatic carbocycles. The second-order valence-corrected chi connectivity index (χ2v) is 11.4. The van der Waals surface area contributed by atoms with Crippen molar-refractivity contribution in [1.82, 2.24) is 14.7 Å². The van der Waals surface area contributed by atoms with E-state index in [0.717, 1.165) is 19.3 Å². The molecule has 0 aromatic heterocycles. The topological polar surface area (TPSA) is 99.7 Å². The quantitative estimate of drug-likeness (QED) is 0.587. The van der Waals surface area contributed by atoms with Crippen LogP contribution in [-0.4, -0.2) is 84.8 Å². The first-order chi connectivity index (χ1) is 19.4. The van der Waals surface area contributed by atoms with Gasteiger partial charge in [0.2, 0.25) is 11.8 Å². The first-order valence-corrected chi connectivity index (χ1v) is 14.0. The van der Waals surface area contributed by atoms with Crippen molar-refractivity contribution >= 4 is 29.3 Å². The number of benzene rings is 2. The smallest absolute Gasteiger partial charge is 0.264 e. The fourth-order valence-electron chi connectivity index (χ4n) is 7.64. The molecule has 208 valence electrons. The van der Waals surface area contributed by atoms with Crippen molar-refractivity contribution < 1.29 is 28.7 Å². The number of rotatable bonds is 4. The number of ether oxygens (including phenoxy) is 2. The minimum absolute atomic E-state index is 0.139. The first kappa shape index (κ1) is 24.9. The molecule has 7 rings (SSSR count). The summed E-state index contributed by atoms with van der Waals surface area (Å²) in [5.74, 6) is 0.725. The Morgan fingerprint density at radius 1 is 0.975 bits per heavy atom. The molecule has 0 saturated carbocycles. The van der Waals surface area contributed by atoms with E-state index in [1.807, 2.05) is 4.90 Å². The van der Waals surface area contributed by atoms with Gasteiger partial charge in [-0.2, -0.15) is 0 Å². The molecular formula is C30H32N4O6. The van der Waals surface area contributed by atoms with Crippen molar-refractivity contribution in [3.8, 4) is 11.5 Å². The van der Waals surface area contributed by atoms with Crippen LogP contribution >= 0.6 is 0 Å². The van der Waals surface area contributed by atoms with E-state index in [1.165, 1.54) is 19.1 Å². The van der Waals surface area contributed by atoms with Crippen LogP contribution in [0.1, 0.15) is 58.1 Å². The number of piperidine rings is 3. The fraction of sp³-hybridized carbons (Fsp3) is 0.467. The van der Waals surface area contributed by atoms with Gasteiger partial charge in [0.15, 0.2) is 11.5 Å². The van der Waals surface area contributed by atoms with Crippen LogP contribution in [0.2, 0.25) is 0 Å². The van der Waals surface area contributed by atoms with Gasteiger partial charge >= 0.3 is 0 Å². The maximum absolute atomic E-state index is 13.9. The monoisotopic (exact) mass is 544 g/mol. The summed E-state index contributed by atoms with van der Waals surface area (Å²) in [7, 11) is 2.99. The highest BCUT2D eigenvalue weighted by molar-refractivity contribution is 6.18. The number of likely N-dealkylation sites (tertiary alicyclic amines) is 1. The van der Waals surface area contributed by atoms with Gasteiger partial charge in [-0.25, -0.2) is 0 Å². The van der Waals surface area contributed by atoms with Crippen LogP contribution in [0.25, 0.3) is 0 Å². The molecule has 5 aliphatic heterocycles. The summed E-state index contributed by atoms with van der Waals surface area (Å²) < 4.78 is 11.0. The van der Waals surface area contributed by atoms with E-state index >= 15 is 0 Å². The Hall–Kier alpha value is -4.08. The molecule has 3 saturated heterocycles. The largest absolute Gasteiger partial charge is 0.493 e. The van der Waals surface area contributed by atoms with E-state index < -0.39 is 6.17 Å². The molecule has 4 amide bonds. The Morgan fingerprint density at radius 3 is 2.60 bits per heavy atom. The number of carbonyl (C=O) groups excluding carboxylic acids is 4. The van der Waals surface area contributed by atoms with E-state index in [2.05, 4.69) is 4.90 Å². The van der Waals surface area contributed by atoms with Gasteiger partial charge in [-0.1, -0.05) is 18.2 Å². The number of hydrogen-bond donors (Lipinski definition) is 0. The molecule has 5 aliphatic rings. The maximum atomic E-state index is 13.9. The summed E-state index contributed by atoms with van der Waals surface area (Å²) in [6.07, 6.45) is 2.74. The summed E-state index contributed by atoms with van der Waals surface area (Å²) >= 11 is 0. The molecule has 2 bridgehead atoms. The van der Waals surface area contributed by atoms with E-state index in [4.69, 9.17) is 9.47 Å². The Kier molecular flexibility index (Phi) is 5.76. The molecule has 0 radical (unpaired) electrons. The van der Waals surface area contributed by atoms with Gasteiger partial charge in [-0.05, 0) is 49.3 Å². The van der Waals surface area contributed by atoms with Crippen molar-refractivity contribution in [1.29, 1.82) is 0 Å². The minimum atomic E-state index is -0.774. The van der Waals surface area contributed by atoms with Crippen LogP contribution in [0.15, 0.2) is 36.4 Å². The van der Waals surface area contributed by atoms with E-state index in [-0.39, 0.29) is 48.1 Å². The second-order valence-electron chi connectivity index (χ2n) is 11.4. The lowest BCUT2D eigenvalue weighted by molar-refractivity contribution is -0.149. The molecule has 40 heavy (non-hydrogen) atoms. The number of amides is 4. The number of hydrogen-bond acceptors (Lipinski definition) is 6. The average molecular weight is 545 g/mol. The van der Waals surface area contributed by atoms with Gasteiger partial charge in [0.25, 0.3) is 11.8 Å². The summed E-state index contributed by atoms with van der Waals surface area (Å²) in [6.45, 7) is 1.69. The molecule has 2 aromatic rings. The first-order valence-electron chi connectivity index (χ1n) is 14.0. The van der Waals surface area contributed by atoms with Crippen molar-refractivity contribution in [2.75, 3.05) is 45.3 Å². The average Bonchev–Trinajstić information content (AvgIpc) is 3.27. The third-order valence-corrected chi connectivity index (χ3v) is 9.32. The molecule has 4 atom stereocenters. The van der Waals surface area contributed by atoms with E-state index in [9.17, 15) is 19.2 Å². The molecular weight excluding hydrogens is 512 g/mol. The lowest BCUT2D eigenvalue weighted by Gasteiger charge is -2.52. The van der Waals surface area contributed by atoms with Crippen LogP contribution in [0.4, 0.5) is 5.69 Å². The van der Waals surface area contributed by atoms with Gasteiger partial charge in [0.05, 0.1) is 31.0 Å². The number of anilines is 1. The van der Waals surface area contributed by atoms with Crippen LogP contribution in [0.3, 0.4) is 0 Å². The van der Waals surface area contributed by atoms with Crippen molar-refractivity contribution in [2.24, 2.45) is 11.8 Å². The van der Waals surface area contributed by atoms with Crippen LogP contribution < -0.4 is 14.4 Å². The van der Waals surface area contributed by atoms with Crippen LogP contribution in [-0.2, 0) is 9.59 Å². The van der Waals surface area contributed by atoms with Crippen LogP contribution in [0.5, 0.6) is 11.5 Å². The van der Waals surface area contributed by atoms with Gasteiger partial charge in [0, 0.05) is 37.7 Å². The fourth-order valence-corrected chi connectivity index (χ4v) is 7.64. The number of fused-ring (bicyclic) bond motifs is 9. The Labute approximate surface area is 232 Å². The van der Waals surface area contributed by atoms with Gasteiger partial charge in [-0.15, -0.1) is 0 Å². The third kappa shape index (κ3) is 3.54. The number of carbonyl (C=O) groups is 4. The highest BCUT2D eigenvalue weighted by Gasteiger charge is 2.51.